The fraction of sp³-hybridized carbons (Fsp3) is 0.684. The monoisotopic (exact) mass is 286 g/mol. The van der Waals surface area contributed by atoms with Crippen molar-refractivity contribution in [2.24, 2.45) is 11.8 Å². The van der Waals surface area contributed by atoms with Crippen LogP contribution in [0, 0.1) is 11.8 Å². The van der Waals surface area contributed by atoms with E-state index in [1.165, 1.54) is 50.9 Å². The van der Waals surface area contributed by atoms with Crippen molar-refractivity contribution in [1.29, 1.82) is 0 Å². The Morgan fingerprint density at radius 1 is 1.24 bits per heavy atom. The molecule has 0 bridgehead atoms. The van der Waals surface area contributed by atoms with Crippen LogP contribution in [0.2, 0.25) is 0 Å². The summed E-state index contributed by atoms with van der Waals surface area (Å²) in [7, 11) is 0. The fourth-order valence-electron chi connectivity index (χ4n) is 4.35. The molecule has 1 heterocycles. The minimum absolute atomic E-state index is 0.771. The van der Waals surface area contributed by atoms with Crippen molar-refractivity contribution >= 4 is 5.69 Å². The summed E-state index contributed by atoms with van der Waals surface area (Å²) in [5.41, 5.74) is 3.04. The smallest absolute Gasteiger partial charge is 0.0398 e. The van der Waals surface area contributed by atoms with Crippen LogP contribution in [0.3, 0.4) is 0 Å². The van der Waals surface area contributed by atoms with E-state index >= 15 is 0 Å². The van der Waals surface area contributed by atoms with Gasteiger partial charge in [0.15, 0.2) is 0 Å². The van der Waals surface area contributed by atoms with Gasteiger partial charge in [0.25, 0.3) is 0 Å². The van der Waals surface area contributed by atoms with Crippen molar-refractivity contribution in [1.82, 2.24) is 5.32 Å². The van der Waals surface area contributed by atoms with E-state index in [0.29, 0.717) is 0 Å². The molecular weight excluding hydrogens is 256 g/mol. The number of nitrogens with one attached hydrogen (secondary N) is 1. The van der Waals surface area contributed by atoms with E-state index in [1.807, 2.05) is 0 Å². The van der Waals surface area contributed by atoms with Crippen LogP contribution in [-0.2, 0) is 6.42 Å². The Hall–Kier alpha value is -1.02. The van der Waals surface area contributed by atoms with Crippen molar-refractivity contribution in [3.05, 3.63) is 29.8 Å². The molecule has 1 aromatic rings. The first-order valence-corrected chi connectivity index (χ1v) is 8.84. The van der Waals surface area contributed by atoms with E-state index in [0.717, 1.165) is 24.4 Å². The average Bonchev–Trinajstić information content (AvgIpc) is 2.92. The molecule has 21 heavy (non-hydrogen) atoms. The molecule has 3 rings (SSSR count). The Morgan fingerprint density at radius 2 is 2.10 bits per heavy atom. The molecular formula is C19H30N2. The van der Waals surface area contributed by atoms with Gasteiger partial charge in [-0.25, -0.2) is 0 Å². The highest BCUT2D eigenvalue weighted by atomic mass is 15.1. The molecule has 0 amide bonds. The average molecular weight is 286 g/mol. The topological polar surface area (TPSA) is 15.3 Å². The minimum Gasteiger partial charge on any atom is -0.371 e. The summed E-state index contributed by atoms with van der Waals surface area (Å²) >= 11 is 0. The van der Waals surface area contributed by atoms with Crippen LogP contribution in [0.25, 0.3) is 0 Å². The number of para-hydroxylation sites is 1. The van der Waals surface area contributed by atoms with Crippen LogP contribution >= 0.6 is 0 Å². The summed E-state index contributed by atoms with van der Waals surface area (Å²) in [6.07, 6.45) is 6.80. The molecule has 0 aromatic heterocycles. The van der Waals surface area contributed by atoms with E-state index in [1.54, 1.807) is 5.56 Å². The van der Waals surface area contributed by atoms with Gasteiger partial charge < -0.3 is 10.2 Å². The third-order valence-electron chi connectivity index (χ3n) is 5.33. The minimum atomic E-state index is 0.771. The Morgan fingerprint density at radius 3 is 2.95 bits per heavy atom. The maximum Gasteiger partial charge on any atom is 0.0398 e. The first-order chi connectivity index (χ1) is 10.3. The maximum atomic E-state index is 3.69. The molecule has 3 unspecified atom stereocenters. The van der Waals surface area contributed by atoms with E-state index in [9.17, 15) is 0 Å². The van der Waals surface area contributed by atoms with Crippen molar-refractivity contribution < 1.29 is 0 Å². The van der Waals surface area contributed by atoms with E-state index in [2.05, 4.69) is 48.3 Å². The first-order valence-electron chi connectivity index (χ1n) is 8.84. The van der Waals surface area contributed by atoms with Crippen molar-refractivity contribution in [2.45, 2.75) is 52.0 Å². The number of rotatable bonds is 5. The van der Waals surface area contributed by atoms with E-state index in [-0.39, 0.29) is 0 Å². The van der Waals surface area contributed by atoms with Gasteiger partial charge >= 0.3 is 0 Å². The third kappa shape index (κ3) is 3.42. The summed E-state index contributed by atoms with van der Waals surface area (Å²) in [5, 5.41) is 3.69. The van der Waals surface area contributed by atoms with Gasteiger partial charge in [-0.15, -0.1) is 0 Å². The largest absolute Gasteiger partial charge is 0.371 e. The predicted molar refractivity (Wildman–Crippen MR) is 90.9 cm³/mol. The van der Waals surface area contributed by atoms with E-state index < -0.39 is 0 Å². The molecule has 1 aromatic carbocycles. The van der Waals surface area contributed by atoms with Gasteiger partial charge in [-0.05, 0) is 55.7 Å². The molecule has 2 aliphatic rings. The van der Waals surface area contributed by atoms with Crippen LogP contribution in [0.1, 0.15) is 45.1 Å². The molecule has 116 valence electrons. The number of fused-ring (bicyclic) bond motifs is 1. The zero-order valence-corrected chi connectivity index (χ0v) is 13.6. The highest BCUT2D eigenvalue weighted by molar-refractivity contribution is 5.55. The van der Waals surface area contributed by atoms with Crippen LogP contribution < -0.4 is 10.2 Å². The summed E-state index contributed by atoms with van der Waals surface area (Å²) in [5.74, 6) is 1.67. The van der Waals surface area contributed by atoms with Gasteiger partial charge in [0.05, 0.1) is 0 Å². The lowest BCUT2D eigenvalue weighted by Gasteiger charge is -2.36. The Labute approximate surface area is 129 Å². The molecule has 3 atom stereocenters. The molecule has 0 radical (unpaired) electrons. The number of hydrogen-bond acceptors (Lipinski definition) is 2. The van der Waals surface area contributed by atoms with E-state index in [4.69, 9.17) is 0 Å². The molecule has 1 fully saturated rings. The van der Waals surface area contributed by atoms with Crippen molar-refractivity contribution in [3.8, 4) is 0 Å². The molecule has 1 saturated carbocycles. The lowest BCUT2D eigenvalue weighted by atomic mass is 9.92. The van der Waals surface area contributed by atoms with Gasteiger partial charge in [0.2, 0.25) is 0 Å². The predicted octanol–water partition coefficient (Wildman–Crippen LogP) is 3.85. The lowest BCUT2D eigenvalue weighted by molar-refractivity contribution is 0.381. The Kier molecular flexibility index (Phi) is 4.84. The molecule has 1 N–H and O–H groups in total. The van der Waals surface area contributed by atoms with Gasteiger partial charge in [0, 0.05) is 24.8 Å². The molecule has 1 aliphatic heterocycles. The summed E-state index contributed by atoms with van der Waals surface area (Å²) in [4.78, 5) is 2.64. The van der Waals surface area contributed by atoms with Crippen LogP contribution in [0.15, 0.2) is 24.3 Å². The summed E-state index contributed by atoms with van der Waals surface area (Å²) in [6.45, 7) is 8.20. The van der Waals surface area contributed by atoms with Crippen LogP contribution in [0.4, 0.5) is 5.69 Å². The summed E-state index contributed by atoms with van der Waals surface area (Å²) in [6, 6.07) is 9.78. The zero-order valence-electron chi connectivity index (χ0n) is 13.6. The number of benzene rings is 1. The number of hydrogen-bond donors (Lipinski definition) is 1. The van der Waals surface area contributed by atoms with Crippen molar-refractivity contribution in [3.63, 3.8) is 0 Å². The first kappa shape index (κ1) is 14.9. The highest BCUT2D eigenvalue weighted by Gasteiger charge is 2.28. The Bertz CT molecular complexity index is 457. The van der Waals surface area contributed by atoms with Gasteiger partial charge in [-0.3, -0.25) is 0 Å². The Balaban J connectivity index is 1.63. The molecule has 2 nitrogen and oxygen atoms in total. The normalized spacial score (nSPS) is 28.7. The second-order valence-corrected chi connectivity index (χ2v) is 7.03. The zero-order chi connectivity index (χ0) is 14.7. The quantitative estimate of drug-likeness (QED) is 0.884. The van der Waals surface area contributed by atoms with Crippen LogP contribution in [-0.4, -0.2) is 25.7 Å². The molecule has 1 aliphatic carbocycles. The SMILES string of the molecule is CCNC1CCCC1CCN1CC(C)Cc2ccccc21. The van der Waals surface area contributed by atoms with Gasteiger partial charge in [-0.2, -0.15) is 0 Å². The third-order valence-corrected chi connectivity index (χ3v) is 5.33. The fourth-order valence-corrected chi connectivity index (χ4v) is 4.35. The molecule has 0 saturated heterocycles. The van der Waals surface area contributed by atoms with Crippen LogP contribution in [0.5, 0.6) is 0 Å². The van der Waals surface area contributed by atoms with Gasteiger partial charge in [0.1, 0.15) is 0 Å². The second kappa shape index (κ2) is 6.83. The molecule has 2 heteroatoms. The number of anilines is 1. The second-order valence-electron chi connectivity index (χ2n) is 7.03. The summed E-state index contributed by atoms with van der Waals surface area (Å²) < 4.78 is 0. The lowest BCUT2D eigenvalue weighted by Crippen LogP contribution is -2.38. The van der Waals surface area contributed by atoms with Crippen molar-refractivity contribution in [2.75, 3.05) is 24.5 Å². The number of nitrogens with zero attached hydrogens (tertiary/aromatic N) is 1. The highest BCUT2D eigenvalue weighted by Crippen LogP contribution is 2.32. The standard InChI is InChI=1S/C19H30N2/c1-3-20-18-9-6-8-16(18)11-12-21-14-15(2)13-17-7-4-5-10-19(17)21/h4-5,7,10,15-16,18,20H,3,6,8-9,11-14H2,1-2H3. The van der Waals surface area contributed by atoms with Gasteiger partial charge in [-0.1, -0.05) is 38.5 Å². The molecule has 0 spiro atoms. The maximum absolute atomic E-state index is 3.69.